The van der Waals surface area contributed by atoms with E-state index in [0.29, 0.717) is 31.9 Å². The molecule has 4 heterocycles. The number of thiophene rings is 2. The van der Waals surface area contributed by atoms with Gasteiger partial charge in [-0.2, -0.15) is 26.3 Å². The summed E-state index contributed by atoms with van der Waals surface area (Å²) in [7, 11) is 0. The number of allylic oxidation sites excluding steroid dienone is 2. The first kappa shape index (κ1) is 34.2. The zero-order valence-electron chi connectivity index (χ0n) is 27.7. The molecule has 9 rings (SSSR count). The summed E-state index contributed by atoms with van der Waals surface area (Å²) in [6.45, 7) is 3.02. The number of hydrogen-bond acceptors (Lipinski definition) is 6. The van der Waals surface area contributed by atoms with E-state index in [9.17, 15) is 0 Å². The van der Waals surface area contributed by atoms with E-state index >= 15 is 26.3 Å². The van der Waals surface area contributed by atoms with Crippen LogP contribution in [0.15, 0.2) is 108 Å². The van der Waals surface area contributed by atoms with Gasteiger partial charge in [0.25, 0.3) is 0 Å². The number of alkyl halides is 6. The van der Waals surface area contributed by atoms with E-state index < -0.39 is 28.9 Å². The Bertz CT molecular complexity index is 2550. The molecule has 1 aliphatic carbocycles. The molecule has 12 heteroatoms. The van der Waals surface area contributed by atoms with Gasteiger partial charge in [-0.15, -0.1) is 45.3 Å². The minimum Gasteiger partial charge on any atom is -0.236 e. The lowest BCUT2D eigenvalue weighted by atomic mass is 9.91. The number of fused-ring (bicyclic) bond motifs is 2. The summed E-state index contributed by atoms with van der Waals surface area (Å²) in [4.78, 5) is 9.96. The van der Waals surface area contributed by atoms with Crippen molar-refractivity contribution in [3.05, 3.63) is 129 Å². The van der Waals surface area contributed by atoms with Gasteiger partial charge in [-0.3, -0.25) is 0 Å². The molecule has 0 saturated carbocycles. The number of aromatic nitrogens is 2. The monoisotopic (exact) mass is 786 g/mol. The van der Waals surface area contributed by atoms with Gasteiger partial charge in [0.2, 0.25) is 0 Å². The lowest BCUT2D eigenvalue weighted by Gasteiger charge is -2.26. The minimum atomic E-state index is -5.67. The number of halogens is 6. The van der Waals surface area contributed by atoms with Crippen LogP contribution in [0, 0.1) is 13.8 Å². The third-order valence-electron chi connectivity index (χ3n) is 9.54. The van der Waals surface area contributed by atoms with Crippen LogP contribution >= 0.6 is 45.3 Å². The van der Waals surface area contributed by atoms with Gasteiger partial charge >= 0.3 is 17.8 Å². The first-order valence-electron chi connectivity index (χ1n) is 16.3. The standard InChI is InChI=1S/C41H24F6N2S4/c1-21-33(27-15-13-25(17-31(27)52-21)29-19-50-37(48-29)23-9-5-3-6-10-23)35-36(40(44,45)41(46,47)39(35,42)43)34-22(2)53-32-18-26(14-16-28(32)34)30-20-51-38(49-30)24-11-7-4-8-12-24/h3-20H,1-2H3. The highest BCUT2D eigenvalue weighted by Crippen LogP contribution is 2.67. The van der Waals surface area contributed by atoms with Gasteiger partial charge in [0.15, 0.2) is 0 Å². The predicted octanol–water partition coefficient (Wildman–Crippen LogP) is 14.1. The summed E-state index contributed by atoms with van der Waals surface area (Å²) in [5.74, 6) is -16.0. The molecule has 0 radical (unpaired) electrons. The molecule has 8 aromatic rings. The van der Waals surface area contributed by atoms with E-state index in [-0.39, 0.29) is 31.7 Å². The Hall–Kier alpha value is -4.62. The number of thiazole rings is 2. The molecule has 2 nitrogen and oxygen atoms in total. The van der Waals surface area contributed by atoms with E-state index in [1.165, 1.54) is 36.5 Å². The topological polar surface area (TPSA) is 25.8 Å². The van der Waals surface area contributed by atoms with Crippen molar-refractivity contribution in [2.45, 2.75) is 31.6 Å². The highest BCUT2D eigenvalue weighted by molar-refractivity contribution is 7.20. The van der Waals surface area contributed by atoms with Crippen LogP contribution in [0.25, 0.3) is 75.0 Å². The summed E-state index contributed by atoms with van der Waals surface area (Å²) < 4.78 is 96.8. The summed E-state index contributed by atoms with van der Waals surface area (Å²) in [6, 6.07) is 29.2. The van der Waals surface area contributed by atoms with Gasteiger partial charge in [-0.1, -0.05) is 84.9 Å². The van der Waals surface area contributed by atoms with Crippen LogP contribution in [-0.4, -0.2) is 27.7 Å². The number of aryl methyl sites for hydroxylation is 2. The van der Waals surface area contributed by atoms with Gasteiger partial charge < -0.3 is 0 Å². The van der Waals surface area contributed by atoms with Crippen molar-refractivity contribution in [1.82, 2.24) is 9.97 Å². The second kappa shape index (κ2) is 12.2. The normalized spacial score (nSPS) is 16.3. The molecule has 0 saturated heterocycles. The van der Waals surface area contributed by atoms with Crippen LogP contribution < -0.4 is 0 Å². The molecule has 0 spiro atoms. The molecule has 0 aliphatic heterocycles. The average molecular weight is 787 g/mol. The molecule has 4 aromatic carbocycles. The van der Waals surface area contributed by atoms with Crippen molar-refractivity contribution in [2.75, 3.05) is 0 Å². The lowest BCUT2D eigenvalue weighted by molar-refractivity contribution is -0.254. The Morgan fingerprint density at radius 1 is 0.491 bits per heavy atom. The van der Waals surface area contributed by atoms with Crippen molar-refractivity contribution in [2.24, 2.45) is 0 Å². The molecule has 0 fully saturated rings. The van der Waals surface area contributed by atoms with Crippen molar-refractivity contribution >= 4 is 76.7 Å². The first-order valence-corrected chi connectivity index (χ1v) is 19.7. The summed E-state index contributed by atoms with van der Waals surface area (Å²) in [5.41, 5.74) is 1.34. The van der Waals surface area contributed by atoms with E-state index in [4.69, 9.17) is 9.97 Å². The second-order valence-corrected chi connectivity index (χ2v) is 17.0. The van der Waals surface area contributed by atoms with Crippen LogP contribution in [0.4, 0.5) is 26.3 Å². The Labute approximate surface area is 315 Å². The Morgan fingerprint density at radius 3 is 1.28 bits per heavy atom. The average Bonchev–Trinajstić information content (AvgIpc) is 3.97. The van der Waals surface area contributed by atoms with Crippen molar-refractivity contribution in [3.63, 3.8) is 0 Å². The van der Waals surface area contributed by atoms with E-state index in [2.05, 4.69) is 0 Å². The van der Waals surface area contributed by atoms with Crippen molar-refractivity contribution in [1.29, 1.82) is 0 Å². The summed E-state index contributed by atoms with van der Waals surface area (Å²) >= 11 is 5.10. The van der Waals surface area contributed by atoms with Gasteiger partial charge in [0.05, 0.1) is 11.4 Å². The van der Waals surface area contributed by atoms with Gasteiger partial charge in [-0.05, 0) is 26.0 Å². The molecule has 4 aromatic heterocycles. The van der Waals surface area contributed by atoms with Gasteiger partial charge in [0, 0.05) is 85.2 Å². The highest BCUT2D eigenvalue weighted by atomic mass is 32.1. The third kappa shape index (κ3) is 5.17. The van der Waals surface area contributed by atoms with Gasteiger partial charge in [0.1, 0.15) is 10.0 Å². The molecule has 0 unspecified atom stereocenters. The van der Waals surface area contributed by atoms with Gasteiger partial charge in [-0.25, -0.2) is 9.97 Å². The molecule has 0 atom stereocenters. The number of hydrogen-bond donors (Lipinski definition) is 0. The second-order valence-electron chi connectivity index (χ2n) is 12.8. The molecule has 0 amide bonds. The number of nitrogens with zero attached hydrogens (tertiary/aromatic N) is 2. The van der Waals surface area contributed by atoms with Crippen LogP contribution in [-0.2, 0) is 0 Å². The molecular weight excluding hydrogens is 763 g/mol. The zero-order chi connectivity index (χ0) is 36.9. The third-order valence-corrected chi connectivity index (χ3v) is 13.5. The van der Waals surface area contributed by atoms with Crippen LogP contribution in [0.5, 0.6) is 0 Å². The molecule has 0 bridgehead atoms. The van der Waals surface area contributed by atoms with Crippen LogP contribution in [0.2, 0.25) is 0 Å². The quantitative estimate of drug-likeness (QED) is 0.157. The van der Waals surface area contributed by atoms with E-state index in [0.717, 1.165) is 43.8 Å². The predicted molar refractivity (Wildman–Crippen MR) is 208 cm³/mol. The smallest absolute Gasteiger partial charge is 0.236 e. The minimum absolute atomic E-state index is 0.202. The maximum atomic E-state index is 16.2. The molecular formula is C41H24F6N2S4. The van der Waals surface area contributed by atoms with Crippen LogP contribution in [0.1, 0.15) is 20.9 Å². The number of rotatable bonds is 6. The summed E-state index contributed by atoms with van der Waals surface area (Å²) in [6.07, 6.45) is 0. The zero-order valence-corrected chi connectivity index (χ0v) is 31.0. The Morgan fingerprint density at radius 2 is 0.887 bits per heavy atom. The van der Waals surface area contributed by atoms with E-state index in [1.807, 2.05) is 71.4 Å². The van der Waals surface area contributed by atoms with Crippen molar-refractivity contribution in [3.8, 4) is 43.7 Å². The molecule has 1 aliphatic rings. The fraction of sp³-hybridized carbons (Fsp3) is 0.122. The maximum Gasteiger partial charge on any atom is 0.380 e. The largest absolute Gasteiger partial charge is 0.380 e. The lowest BCUT2D eigenvalue weighted by Crippen LogP contribution is -2.48. The molecule has 53 heavy (non-hydrogen) atoms. The first-order chi connectivity index (χ1) is 25.4. The Balaban J connectivity index is 1.19. The number of benzene rings is 4. The van der Waals surface area contributed by atoms with E-state index in [1.54, 1.807) is 36.4 Å². The SMILES string of the molecule is Cc1sc2cc(-c3csc(-c4ccccc4)n3)ccc2c1C1=C(c2c(C)sc3cc(-c4csc(-c5ccccc5)n4)ccc23)C(F)(F)C(F)(F)C1(F)F. The fourth-order valence-electron chi connectivity index (χ4n) is 7.01. The highest BCUT2D eigenvalue weighted by Gasteiger charge is 2.80. The van der Waals surface area contributed by atoms with Crippen molar-refractivity contribution < 1.29 is 26.3 Å². The summed E-state index contributed by atoms with van der Waals surface area (Å²) in [5, 5.41) is 5.75. The molecule has 264 valence electrons. The van der Waals surface area contributed by atoms with Crippen LogP contribution in [0.3, 0.4) is 0 Å². The Kier molecular flexibility index (Phi) is 7.87. The molecule has 0 N–H and O–H groups in total. The fourth-order valence-corrected chi connectivity index (χ4v) is 10.9. The maximum absolute atomic E-state index is 16.2.